The molecule has 4 nitrogen and oxygen atoms in total. The van der Waals surface area contributed by atoms with Crippen LogP contribution in [-0.4, -0.2) is 33.3 Å². The number of carbonyl (C=O) groups is 2. The second-order valence-corrected chi connectivity index (χ2v) is 4.26. The highest BCUT2D eigenvalue weighted by atomic mass is 79.9. The number of rotatable bonds is 4. The van der Waals surface area contributed by atoms with Crippen molar-refractivity contribution in [1.29, 1.82) is 0 Å². The van der Waals surface area contributed by atoms with Crippen LogP contribution >= 0.6 is 31.9 Å². The topological polar surface area (TPSA) is 63.6 Å². The van der Waals surface area contributed by atoms with Gasteiger partial charge in [-0.25, -0.2) is 0 Å². The molecule has 0 spiro atoms. The number of carboxylic acid groups (broad SMARTS) is 1. The van der Waals surface area contributed by atoms with Gasteiger partial charge in [0.15, 0.2) is 4.32 Å². The first kappa shape index (κ1) is 11.9. The summed E-state index contributed by atoms with van der Waals surface area (Å²) in [4.78, 5) is 21.0. The van der Waals surface area contributed by atoms with E-state index in [2.05, 4.69) is 36.6 Å². The van der Waals surface area contributed by atoms with Crippen LogP contribution in [0.4, 0.5) is 0 Å². The van der Waals surface area contributed by atoms with Crippen LogP contribution in [0.2, 0.25) is 0 Å². The summed E-state index contributed by atoms with van der Waals surface area (Å²) in [6.45, 7) is 1.03. The fourth-order valence-corrected chi connectivity index (χ4v) is 0.890. The maximum atomic E-state index is 10.6. The number of ether oxygens (including phenoxy) is 1. The van der Waals surface area contributed by atoms with Crippen molar-refractivity contribution in [2.45, 2.75) is 11.2 Å². The normalized spacial score (nSPS) is 14.9. The molecular formula is C6H8Br2O4. The van der Waals surface area contributed by atoms with Gasteiger partial charge in [-0.05, 0) is 0 Å². The second kappa shape index (κ2) is 4.81. The van der Waals surface area contributed by atoms with E-state index in [1.807, 2.05) is 0 Å². The molecule has 0 amide bonds. The fraction of sp³-hybridized carbons (Fsp3) is 0.667. The van der Waals surface area contributed by atoms with Gasteiger partial charge < -0.3 is 9.84 Å². The van der Waals surface area contributed by atoms with E-state index < -0.39 is 16.3 Å². The number of aliphatic carboxylic acids is 1. The Kier molecular flexibility index (Phi) is 4.77. The van der Waals surface area contributed by atoms with Gasteiger partial charge in [0, 0.05) is 12.3 Å². The van der Waals surface area contributed by atoms with Gasteiger partial charge in [-0.15, -0.1) is 0 Å². The molecule has 0 aliphatic rings. The molecule has 0 rings (SSSR count). The molecular weight excluding hydrogens is 296 g/mol. The summed E-state index contributed by atoms with van der Waals surface area (Å²) in [6, 6.07) is 0. The monoisotopic (exact) mass is 302 g/mol. The SMILES string of the molecule is CC(=O)OCC(Br)(CBr)C(=O)O. The first-order valence-corrected chi connectivity index (χ1v) is 4.95. The summed E-state index contributed by atoms with van der Waals surface area (Å²) in [5.74, 6) is -1.57. The van der Waals surface area contributed by atoms with Crippen molar-refractivity contribution in [1.82, 2.24) is 0 Å². The summed E-state index contributed by atoms with van der Waals surface area (Å²) >= 11 is 5.96. The maximum absolute atomic E-state index is 10.6. The molecule has 0 bridgehead atoms. The minimum absolute atomic E-state index is 0.169. The number of halogens is 2. The van der Waals surface area contributed by atoms with Crippen LogP contribution in [-0.2, 0) is 14.3 Å². The van der Waals surface area contributed by atoms with E-state index in [0.29, 0.717) is 0 Å². The molecule has 0 aliphatic heterocycles. The lowest BCUT2D eigenvalue weighted by atomic mass is 10.2. The average Bonchev–Trinajstić information content (AvgIpc) is 1.99. The highest BCUT2D eigenvalue weighted by molar-refractivity contribution is 9.12. The predicted octanol–water partition coefficient (Wildman–Crippen LogP) is 1.16. The van der Waals surface area contributed by atoms with Crippen LogP contribution in [0.25, 0.3) is 0 Å². The third kappa shape index (κ3) is 3.53. The number of carbonyl (C=O) groups excluding carboxylic acids is 1. The van der Waals surface area contributed by atoms with E-state index in [-0.39, 0.29) is 11.9 Å². The Morgan fingerprint density at radius 3 is 2.33 bits per heavy atom. The van der Waals surface area contributed by atoms with E-state index in [1.54, 1.807) is 0 Å². The van der Waals surface area contributed by atoms with Crippen LogP contribution in [0.1, 0.15) is 6.92 Å². The van der Waals surface area contributed by atoms with Crippen molar-refractivity contribution < 1.29 is 19.4 Å². The quantitative estimate of drug-likeness (QED) is 0.625. The van der Waals surface area contributed by atoms with Crippen LogP contribution in [0.5, 0.6) is 0 Å². The first-order valence-electron chi connectivity index (χ1n) is 3.04. The van der Waals surface area contributed by atoms with Gasteiger partial charge in [0.05, 0.1) is 0 Å². The van der Waals surface area contributed by atoms with Crippen LogP contribution in [0.15, 0.2) is 0 Å². The molecule has 1 N–H and O–H groups in total. The number of alkyl halides is 2. The van der Waals surface area contributed by atoms with Gasteiger partial charge >= 0.3 is 11.9 Å². The van der Waals surface area contributed by atoms with Crippen LogP contribution in [0.3, 0.4) is 0 Å². The Morgan fingerprint density at radius 1 is 1.58 bits per heavy atom. The molecule has 0 radical (unpaired) electrons. The largest absolute Gasteiger partial charge is 0.480 e. The Morgan fingerprint density at radius 2 is 2.08 bits per heavy atom. The summed E-state index contributed by atoms with van der Waals surface area (Å²) in [7, 11) is 0. The summed E-state index contributed by atoms with van der Waals surface area (Å²) in [6.07, 6.45) is 0. The lowest BCUT2D eigenvalue weighted by molar-refractivity contribution is -0.146. The third-order valence-electron chi connectivity index (χ3n) is 1.10. The first-order chi connectivity index (χ1) is 5.42. The molecule has 0 heterocycles. The Bertz CT molecular complexity index is 194. The van der Waals surface area contributed by atoms with Gasteiger partial charge in [-0.1, -0.05) is 31.9 Å². The van der Waals surface area contributed by atoms with Gasteiger partial charge in [-0.2, -0.15) is 0 Å². The lowest BCUT2D eigenvalue weighted by Crippen LogP contribution is -2.39. The zero-order valence-corrected chi connectivity index (χ0v) is 9.51. The van der Waals surface area contributed by atoms with E-state index in [4.69, 9.17) is 5.11 Å². The third-order valence-corrected chi connectivity index (χ3v) is 3.66. The maximum Gasteiger partial charge on any atom is 0.324 e. The molecule has 0 saturated carbocycles. The van der Waals surface area contributed by atoms with E-state index >= 15 is 0 Å². The fourth-order valence-electron chi connectivity index (χ4n) is 0.373. The predicted molar refractivity (Wildman–Crippen MR) is 49.7 cm³/mol. The number of carboxylic acids is 1. The lowest BCUT2D eigenvalue weighted by Gasteiger charge is -2.18. The van der Waals surface area contributed by atoms with Crippen molar-refractivity contribution in [3.8, 4) is 0 Å². The van der Waals surface area contributed by atoms with Gasteiger partial charge in [0.1, 0.15) is 6.61 Å². The molecule has 0 fully saturated rings. The number of hydrogen-bond acceptors (Lipinski definition) is 3. The van der Waals surface area contributed by atoms with Crippen LogP contribution in [0, 0.1) is 0 Å². The molecule has 0 aliphatic carbocycles. The zero-order chi connectivity index (χ0) is 9.78. The van der Waals surface area contributed by atoms with Crippen molar-refractivity contribution in [2.24, 2.45) is 0 Å². The molecule has 6 heteroatoms. The minimum atomic E-state index is -1.22. The molecule has 1 unspecified atom stereocenters. The smallest absolute Gasteiger partial charge is 0.324 e. The molecule has 0 aromatic carbocycles. The summed E-state index contributed by atoms with van der Waals surface area (Å²) in [5.41, 5.74) is 0. The van der Waals surface area contributed by atoms with Crippen molar-refractivity contribution >= 4 is 43.8 Å². The summed E-state index contributed by atoms with van der Waals surface area (Å²) in [5, 5.41) is 8.85. The van der Waals surface area contributed by atoms with Crippen LogP contribution < -0.4 is 0 Å². The zero-order valence-electron chi connectivity index (χ0n) is 6.34. The van der Waals surface area contributed by atoms with Crippen molar-refractivity contribution in [2.75, 3.05) is 11.9 Å². The van der Waals surface area contributed by atoms with Crippen molar-refractivity contribution in [3.05, 3.63) is 0 Å². The van der Waals surface area contributed by atoms with E-state index in [0.717, 1.165) is 0 Å². The highest BCUT2D eigenvalue weighted by Gasteiger charge is 2.35. The Hall–Kier alpha value is -0.100. The van der Waals surface area contributed by atoms with Gasteiger partial charge in [0.2, 0.25) is 0 Å². The number of hydrogen-bond donors (Lipinski definition) is 1. The molecule has 70 valence electrons. The van der Waals surface area contributed by atoms with Gasteiger partial charge in [-0.3, -0.25) is 9.59 Å². The molecule has 0 aromatic rings. The standard InChI is InChI=1S/C6H8Br2O4/c1-4(9)12-3-6(8,2-7)5(10)11/h2-3H2,1H3,(H,10,11). The summed E-state index contributed by atoms with van der Waals surface area (Å²) < 4.78 is 3.34. The highest BCUT2D eigenvalue weighted by Crippen LogP contribution is 2.21. The molecule has 12 heavy (non-hydrogen) atoms. The average molecular weight is 304 g/mol. The Balaban J connectivity index is 4.15. The minimum Gasteiger partial charge on any atom is -0.480 e. The van der Waals surface area contributed by atoms with Crippen molar-refractivity contribution in [3.63, 3.8) is 0 Å². The molecule has 0 aromatic heterocycles. The van der Waals surface area contributed by atoms with E-state index in [1.165, 1.54) is 6.92 Å². The van der Waals surface area contributed by atoms with Gasteiger partial charge in [0.25, 0.3) is 0 Å². The number of esters is 1. The Labute approximate surface area is 86.5 Å². The molecule has 1 atom stereocenters. The van der Waals surface area contributed by atoms with E-state index in [9.17, 15) is 9.59 Å². The second-order valence-electron chi connectivity index (χ2n) is 2.18. The molecule has 0 saturated heterocycles.